The molecule has 15 heavy (non-hydrogen) atoms. The molecular weight excluding hydrogens is 180 g/mol. The molecule has 1 radical (unpaired) electrons. The maximum atomic E-state index is 3.47. The zero-order valence-electron chi connectivity index (χ0n) is 8.40. The summed E-state index contributed by atoms with van der Waals surface area (Å²) in [5, 5.41) is 0. The molecular formula is C15H11. The molecule has 0 heteroatoms. The van der Waals surface area contributed by atoms with Crippen molar-refractivity contribution in [2.45, 2.75) is 6.42 Å². The standard InChI is InChI=1S/C15H11/c1-2-6-12(7-3-1)15-10-13-8-4-5-9-14(13)11-15/h1-9H,10H2. The van der Waals surface area contributed by atoms with E-state index < -0.39 is 0 Å². The fourth-order valence-corrected chi connectivity index (χ4v) is 2.01. The van der Waals surface area contributed by atoms with Gasteiger partial charge in [0.05, 0.1) is 0 Å². The predicted octanol–water partition coefficient (Wildman–Crippen LogP) is 3.48. The minimum absolute atomic E-state index is 1.01. The van der Waals surface area contributed by atoms with E-state index >= 15 is 0 Å². The Kier molecular flexibility index (Phi) is 1.92. The van der Waals surface area contributed by atoms with Gasteiger partial charge in [0.1, 0.15) is 0 Å². The van der Waals surface area contributed by atoms with Crippen LogP contribution in [0.25, 0.3) is 5.57 Å². The lowest BCUT2D eigenvalue weighted by atomic mass is 10.0. The van der Waals surface area contributed by atoms with Gasteiger partial charge in [-0.25, -0.2) is 0 Å². The van der Waals surface area contributed by atoms with Crippen molar-refractivity contribution < 1.29 is 0 Å². The summed E-state index contributed by atoms with van der Waals surface area (Å²) in [4.78, 5) is 0. The van der Waals surface area contributed by atoms with Gasteiger partial charge in [0.15, 0.2) is 0 Å². The molecule has 0 unspecified atom stereocenters. The highest BCUT2D eigenvalue weighted by Gasteiger charge is 2.13. The Hall–Kier alpha value is -1.82. The van der Waals surface area contributed by atoms with Crippen molar-refractivity contribution in [3.63, 3.8) is 0 Å². The Morgan fingerprint density at radius 3 is 2.33 bits per heavy atom. The summed E-state index contributed by atoms with van der Waals surface area (Å²) in [6.07, 6.45) is 4.48. The molecule has 0 nitrogen and oxygen atoms in total. The monoisotopic (exact) mass is 191 g/mol. The number of fused-ring (bicyclic) bond motifs is 1. The number of hydrogen-bond acceptors (Lipinski definition) is 0. The average molecular weight is 191 g/mol. The third-order valence-corrected chi connectivity index (χ3v) is 2.79. The van der Waals surface area contributed by atoms with E-state index in [1.54, 1.807) is 0 Å². The lowest BCUT2D eigenvalue weighted by molar-refractivity contribution is 1.32. The quantitative estimate of drug-likeness (QED) is 0.647. The highest BCUT2D eigenvalue weighted by Crippen LogP contribution is 2.28. The van der Waals surface area contributed by atoms with E-state index in [4.69, 9.17) is 0 Å². The van der Waals surface area contributed by atoms with E-state index in [0.29, 0.717) is 0 Å². The Labute approximate surface area is 89.9 Å². The molecule has 1 aliphatic rings. The Balaban J connectivity index is 2.02. The van der Waals surface area contributed by atoms with Crippen LogP contribution in [-0.4, -0.2) is 0 Å². The highest BCUT2D eigenvalue weighted by atomic mass is 14.2. The first kappa shape index (κ1) is 8.49. The molecule has 0 saturated heterocycles. The zero-order chi connectivity index (χ0) is 10.1. The highest BCUT2D eigenvalue weighted by molar-refractivity contribution is 5.73. The van der Waals surface area contributed by atoms with E-state index in [9.17, 15) is 0 Å². The molecule has 0 atom stereocenters. The molecule has 0 N–H and O–H groups in total. The van der Waals surface area contributed by atoms with Gasteiger partial charge in [-0.2, -0.15) is 0 Å². The molecule has 2 aromatic carbocycles. The molecule has 1 aliphatic carbocycles. The van der Waals surface area contributed by atoms with Crippen LogP contribution < -0.4 is 0 Å². The van der Waals surface area contributed by atoms with Crippen LogP contribution in [0.5, 0.6) is 0 Å². The third kappa shape index (κ3) is 1.48. The summed E-state index contributed by atoms with van der Waals surface area (Å²) in [5.74, 6) is 0. The second-order valence-electron chi connectivity index (χ2n) is 3.80. The van der Waals surface area contributed by atoms with Gasteiger partial charge in [-0.3, -0.25) is 0 Å². The second-order valence-corrected chi connectivity index (χ2v) is 3.80. The fourth-order valence-electron chi connectivity index (χ4n) is 2.01. The maximum absolute atomic E-state index is 3.47. The van der Waals surface area contributed by atoms with Gasteiger partial charge in [0, 0.05) is 0 Å². The normalized spacial score (nSPS) is 13.5. The van der Waals surface area contributed by atoms with Crippen molar-refractivity contribution in [2.24, 2.45) is 0 Å². The first-order valence-corrected chi connectivity index (χ1v) is 5.20. The van der Waals surface area contributed by atoms with Crippen LogP contribution in [0.2, 0.25) is 0 Å². The van der Waals surface area contributed by atoms with E-state index in [2.05, 4.69) is 54.6 Å². The van der Waals surface area contributed by atoms with Gasteiger partial charge < -0.3 is 0 Å². The van der Waals surface area contributed by atoms with Gasteiger partial charge in [-0.05, 0) is 34.8 Å². The predicted molar refractivity (Wildman–Crippen MR) is 62.3 cm³/mol. The van der Waals surface area contributed by atoms with E-state index in [0.717, 1.165) is 6.42 Å². The van der Waals surface area contributed by atoms with Crippen molar-refractivity contribution in [1.82, 2.24) is 0 Å². The van der Waals surface area contributed by atoms with Gasteiger partial charge in [-0.15, -0.1) is 0 Å². The molecule has 0 heterocycles. The molecule has 0 spiro atoms. The molecule has 2 aromatic rings. The fraction of sp³-hybridized carbons (Fsp3) is 0.0667. The van der Waals surface area contributed by atoms with Crippen molar-refractivity contribution in [2.75, 3.05) is 0 Å². The molecule has 0 aromatic heterocycles. The number of rotatable bonds is 1. The van der Waals surface area contributed by atoms with Gasteiger partial charge >= 0.3 is 0 Å². The largest absolute Gasteiger partial charge is 0.0622 e. The number of allylic oxidation sites excluding steroid dienone is 1. The van der Waals surface area contributed by atoms with Crippen LogP contribution in [0, 0.1) is 6.08 Å². The third-order valence-electron chi connectivity index (χ3n) is 2.79. The van der Waals surface area contributed by atoms with Crippen LogP contribution >= 0.6 is 0 Å². The summed E-state index contributed by atoms with van der Waals surface area (Å²) in [6, 6.07) is 19.0. The van der Waals surface area contributed by atoms with Gasteiger partial charge in [0.2, 0.25) is 0 Å². The molecule has 0 aliphatic heterocycles. The SMILES string of the molecule is [C]1=C(c2ccccc2)Cc2ccccc21. The summed E-state index contributed by atoms with van der Waals surface area (Å²) in [7, 11) is 0. The van der Waals surface area contributed by atoms with Crippen molar-refractivity contribution in [3.8, 4) is 0 Å². The van der Waals surface area contributed by atoms with E-state index in [1.807, 2.05) is 6.07 Å². The first-order valence-electron chi connectivity index (χ1n) is 5.20. The lowest BCUT2D eigenvalue weighted by Crippen LogP contribution is -1.84. The summed E-state index contributed by atoms with van der Waals surface area (Å²) < 4.78 is 0. The molecule has 3 rings (SSSR count). The topological polar surface area (TPSA) is 0 Å². The average Bonchev–Trinajstić information content (AvgIpc) is 2.74. The summed E-state index contributed by atoms with van der Waals surface area (Å²) >= 11 is 0. The number of hydrogen-bond donors (Lipinski definition) is 0. The van der Waals surface area contributed by atoms with Crippen LogP contribution in [0.4, 0.5) is 0 Å². The summed E-state index contributed by atoms with van der Waals surface area (Å²) in [5.41, 5.74) is 5.22. The second kappa shape index (κ2) is 3.39. The molecule has 0 amide bonds. The van der Waals surface area contributed by atoms with Crippen LogP contribution in [0.15, 0.2) is 54.6 Å². The van der Waals surface area contributed by atoms with Crippen LogP contribution in [0.3, 0.4) is 0 Å². The lowest BCUT2D eigenvalue weighted by Gasteiger charge is -2.00. The van der Waals surface area contributed by atoms with Crippen LogP contribution in [-0.2, 0) is 6.42 Å². The van der Waals surface area contributed by atoms with Crippen molar-refractivity contribution in [3.05, 3.63) is 77.4 Å². The zero-order valence-corrected chi connectivity index (χ0v) is 8.40. The first-order chi connectivity index (χ1) is 7.43. The molecule has 0 bridgehead atoms. The summed E-state index contributed by atoms with van der Waals surface area (Å²) in [6.45, 7) is 0. The van der Waals surface area contributed by atoms with Gasteiger partial charge in [-0.1, -0.05) is 54.6 Å². The Bertz CT molecular complexity index is 507. The Morgan fingerprint density at radius 1 is 0.800 bits per heavy atom. The number of benzene rings is 2. The van der Waals surface area contributed by atoms with Gasteiger partial charge in [0.25, 0.3) is 0 Å². The minimum atomic E-state index is 1.01. The van der Waals surface area contributed by atoms with E-state index in [1.165, 1.54) is 22.3 Å². The molecule has 71 valence electrons. The van der Waals surface area contributed by atoms with Crippen molar-refractivity contribution >= 4 is 5.57 Å². The smallest absolute Gasteiger partial charge is 0.000728 e. The van der Waals surface area contributed by atoms with Crippen LogP contribution in [0.1, 0.15) is 16.7 Å². The molecule has 0 fully saturated rings. The van der Waals surface area contributed by atoms with Crippen molar-refractivity contribution in [1.29, 1.82) is 0 Å². The minimum Gasteiger partial charge on any atom is -0.0622 e. The van der Waals surface area contributed by atoms with E-state index in [-0.39, 0.29) is 0 Å². The maximum Gasteiger partial charge on any atom is -0.000728 e. The molecule has 0 saturated carbocycles. The Morgan fingerprint density at radius 2 is 1.53 bits per heavy atom.